The average Bonchev–Trinajstić information content (AvgIpc) is 2.28. The number of aromatic amines is 1. The molecule has 0 saturated carbocycles. The van der Waals surface area contributed by atoms with Gasteiger partial charge in [0.15, 0.2) is 5.16 Å². The summed E-state index contributed by atoms with van der Waals surface area (Å²) in [5.74, 6) is 0. The van der Waals surface area contributed by atoms with Crippen molar-refractivity contribution in [3.63, 3.8) is 0 Å². The lowest BCUT2D eigenvalue weighted by Crippen LogP contribution is -2.08. The fourth-order valence-electron chi connectivity index (χ4n) is 1.33. The first-order valence-corrected chi connectivity index (χ1v) is 5.81. The van der Waals surface area contributed by atoms with Gasteiger partial charge in [0.25, 0.3) is 5.56 Å². The van der Waals surface area contributed by atoms with Gasteiger partial charge in [0.1, 0.15) is 5.03 Å². The van der Waals surface area contributed by atoms with Crippen LogP contribution in [0.3, 0.4) is 0 Å². The van der Waals surface area contributed by atoms with Crippen molar-refractivity contribution in [2.75, 3.05) is 0 Å². The predicted molar refractivity (Wildman–Crippen MR) is 63.9 cm³/mol. The van der Waals surface area contributed by atoms with Crippen molar-refractivity contribution in [2.24, 2.45) is 0 Å². The van der Waals surface area contributed by atoms with Gasteiger partial charge in [-0.05, 0) is 24.8 Å². The van der Waals surface area contributed by atoms with Crippen LogP contribution in [0.2, 0.25) is 0 Å². The van der Waals surface area contributed by atoms with E-state index in [1.165, 1.54) is 17.8 Å². The number of aromatic nitrogens is 3. The Hall–Kier alpha value is -1.66. The largest absolute Gasteiger partial charge is 0.392 e. The van der Waals surface area contributed by atoms with Crippen molar-refractivity contribution in [3.05, 3.63) is 46.0 Å². The van der Waals surface area contributed by atoms with Crippen LogP contribution in [0.15, 0.2) is 39.4 Å². The highest BCUT2D eigenvalue weighted by Gasteiger charge is 2.06. The van der Waals surface area contributed by atoms with E-state index < -0.39 is 0 Å². The van der Waals surface area contributed by atoms with Crippen LogP contribution in [0.4, 0.5) is 0 Å². The molecule has 5 nitrogen and oxygen atoms in total. The van der Waals surface area contributed by atoms with E-state index in [1.807, 2.05) is 0 Å². The fourth-order valence-corrected chi connectivity index (χ4v) is 2.23. The molecule has 2 heterocycles. The lowest BCUT2D eigenvalue weighted by Gasteiger charge is -2.04. The molecule has 0 spiro atoms. The van der Waals surface area contributed by atoms with E-state index in [-0.39, 0.29) is 12.2 Å². The smallest absolute Gasteiger partial charge is 0.251 e. The highest BCUT2D eigenvalue weighted by molar-refractivity contribution is 7.99. The van der Waals surface area contributed by atoms with Gasteiger partial charge in [-0.3, -0.25) is 4.79 Å². The van der Waals surface area contributed by atoms with Crippen LogP contribution in [-0.2, 0) is 6.61 Å². The van der Waals surface area contributed by atoms with Crippen molar-refractivity contribution in [1.82, 2.24) is 15.0 Å². The Bertz CT molecular complexity index is 583. The molecule has 0 fully saturated rings. The molecule has 2 rings (SSSR count). The molecule has 0 saturated heterocycles. The number of rotatable bonds is 3. The summed E-state index contributed by atoms with van der Waals surface area (Å²) in [5.41, 5.74) is 1.17. The molecule has 0 aliphatic heterocycles. The summed E-state index contributed by atoms with van der Waals surface area (Å²) in [6.45, 7) is 1.66. The standard InChI is InChI=1S/C11H11N3O2S/c1-7-5-9(16)14-11(13-7)17-10-8(6-15)3-2-4-12-10/h2-5,15H,6H2,1H3,(H,13,14,16). The molecule has 0 aliphatic carbocycles. The second kappa shape index (κ2) is 5.11. The van der Waals surface area contributed by atoms with Gasteiger partial charge in [-0.15, -0.1) is 0 Å². The van der Waals surface area contributed by atoms with E-state index >= 15 is 0 Å². The number of aryl methyl sites for hydroxylation is 1. The minimum Gasteiger partial charge on any atom is -0.392 e. The average molecular weight is 249 g/mol. The maximum Gasteiger partial charge on any atom is 0.251 e. The van der Waals surface area contributed by atoms with Crippen LogP contribution in [-0.4, -0.2) is 20.1 Å². The molecule has 0 aromatic carbocycles. The second-order valence-electron chi connectivity index (χ2n) is 3.42. The van der Waals surface area contributed by atoms with Gasteiger partial charge in [-0.25, -0.2) is 9.97 Å². The molecule has 0 bridgehead atoms. The van der Waals surface area contributed by atoms with Gasteiger partial charge in [-0.1, -0.05) is 6.07 Å². The Labute approximate surface area is 102 Å². The Morgan fingerprint density at radius 2 is 2.35 bits per heavy atom. The first-order valence-electron chi connectivity index (χ1n) is 4.99. The second-order valence-corrected chi connectivity index (χ2v) is 4.40. The van der Waals surface area contributed by atoms with Crippen LogP contribution >= 0.6 is 11.8 Å². The highest BCUT2D eigenvalue weighted by atomic mass is 32.2. The van der Waals surface area contributed by atoms with Crippen molar-refractivity contribution >= 4 is 11.8 Å². The van der Waals surface area contributed by atoms with Crippen molar-refractivity contribution in [2.45, 2.75) is 23.7 Å². The molecule has 2 aromatic heterocycles. The molecule has 2 aromatic rings. The first-order chi connectivity index (χ1) is 8.19. The van der Waals surface area contributed by atoms with Crippen LogP contribution in [0.25, 0.3) is 0 Å². The summed E-state index contributed by atoms with van der Waals surface area (Å²) in [7, 11) is 0. The number of aliphatic hydroxyl groups excluding tert-OH is 1. The third-order valence-corrected chi connectivity index (χ3v) is 3.01. The molecule has 6 heteroatoms. The molecular formula is C11H11N3O2S. The summed E-state index contributed by atoms with van der Waals surface area (Å²) >= 11 is 1.23. The molecule has 2 N–H and O–H groups in total. The lowest BCUT2D eigenvalue weighted by atomic mass is 10.3. The zero-order valence-electron chi connectivity index (χ0n) is 9.17. The summed E-state index contributed by atoms with van der Waals surface area (Å²) < 4.78 is 0. The van der Waals surface area contributed by atoms with E-state index in [0.29, 0.717) is 21.4 Å². The first kappa shape index (κ1) is 11.8. The molecule has 0 aliphatic rings. The number of hydrogen-bond donors (Lipinski definition) is 2. The fraction of sp³-hybridized carbons (Fsp3) is 0.182. The molecule has 0 atom stereocenters. The molecular weight excluding hydrogens is 238 g/mol. The summed E-state index contributed by atoms with van der Waals surface area (Å²) in [4.78, 5) is 22.2. The number of hydrogen-bond acceptors (Lipinski definition) is 5. The van der Waals surface area contributed by atoms with Crippen molar-refractivity contribution in [1.29, 1.82) is 0 Å². The van der Waals surface area contributed by atoms with Crippen LogP contribution in [0.1, 0.15) is 11.3 Å². The van der Waals surface area contributed by atoms with Crippen molar-refractivity contribution in [3.8, 4) is 0 Å². The van der Waals surface area contributed by atoms with Crippen LogP contribution in [0, 0.1) is 6.92 Å². The molecule has 0 amide bonds. The zero-order valence-corrected chi connectivity index (χ0v) is 9.99. The van der Waals surface area contributed by atoms with E-state index in [9.17, 15) is 4.79 Å². The quantitative estimate of drug-likeness (QED) is 0.797. The van der Waals surface area contributed by atoms with Gasteiger partial charge in [0.05, 0.1) is 6.61 Å². The van der Waals surface area contributed by atoms with Gasteiger partial charge in [0, 0.05) is 23.5 Å². The van der Waals surface area contributed by atoms with Gasteiger partial charge in [0.2, 0.25) is 0 Å². The minimum atomic E-state index is -0.193. The SMILES string of the molecule is Cc1cc(=O)[nH]c(Sc2ncccc2CO)n1. The monoisotopic (exact) mass is 249 g/mol. The molecule has 17 heavy (non-hydrogen) atoms. The van der Waals surface area contributed by atoms with Gasteiger partial charge < -0.3 is 10.1 Å². The number of H-pyrrole nitrogens is 1. The third-order valence-electron chi connectivity index (χ3n) is 2.06. The third kappa shape index (κ3) is 2.92. The Balaban J connectivity index is 2.34. The Kier molecular flexibility index (Phi) is 3.55. The van der Waals surface area contributed by atoms with Crippen molar-refractivity contribution < 1.29 is 5.11 Å². The Morgan fingerprint density at radius 1 is 1.53 bits per heavy atom. The number of nitrogens with one attached hydrogen (secondary N) is 1. The number of pyridine rings is 1. The number of aliphatic hydroxyl groups is 1. The molecule has 0 radical (unpaired) electrons. The lowest BCUT2D eigenvalue weighted by molar-refractivity contribution is 0.278. The molecule has 0 unspecified atom stereocenters. The zero-order chi connectivity index (χ0) is 12.3. The summed E-state index contributed by atoms with van der Waals surface area (Å²) in [5, 5.41) is 10.3. The van der Waals surface area contributed by atoms with E-state index in [1.54, 1.807) is 25.3 Å². The van der Waals surface area contributed by atoms with Gasteiger partial charge in [-0.2, -0.15) is 0 Å². The van der Waals surface area contributed by atoms with E-state index in [4.69, 9.17) is 5.11 Å². The number of nitrogens with zero attached hydrogens (tertiary/aromatic N) is 2. The normalized spacial score (nSPS) is 10.5. The Morgan fingerprint density at radius 3 is 3.06 bits per heavy atom. The maximum atomic E-state index is 11.3. The van der Waals surface area contributed by atoms with E-state index in [2.05, 4.69) is 15.0 Å². The summed E-state index contributed by atoms with van der Waals surface area (Å²) in [6.07, 6.45) is 1.63. The van der Waals surface area contributed by atoms with E-state index in [0.717, 1.165) is 0 Å². The van der Waals surface area contributed by atoms with Crippen LogP contribution < -0.4 is 5.56 Å². The molecule has 88 valence electrons. The summed E-state index contributed by atoms with van der Waals surface area (Å²) in [6, 6.07) is 4.96. The van der Waals surface area contributed by atoms with Gasteiger partial charge >= 0.3 is 0 Å². The minimum absolute atomic E-state index is 0.0911. The maximum absolute atomic E-state index is 11.3. The van der Waals surface area contributed by atoms with Crippen LogP contribution in [0.5, 0.6) is 0 Å². The predicted octanol–water partition coefficient (Wildman–Crippen LogP) is 1.12. The highest BCUT2D eigenvalue weighted by Crippen LogP contribution is 2.24. The topological polar surface area (TPSA) is 78.9 Å².